The van der Waals surface area contributed by atoms with E-state index in [1.807, 2.05) is 0 Å². The molecule has 1 aliphatic heterocycles. The lowest BCUT2D eigenvalue weighted by atomic mass is 10.5. The van der Waals surface area contributed by atoms with E-state index in [0.717, 1.165) is 6.42 Å². The first kappa shape index (κ1) is 4.37. The van der Waals surface area contributed by atoms with Crippen molar-refractivity contribution in [2.24, 2.45) is 4.99 Å². The Balaban J connectivity index is 2.39. The Morgan fingerprint density at radius 2 is 2.71 bits per heavy atom. The lowest BCUT2D eigenvalue weighted by Crippen LogP contribution is -1.83. The van der Waals surface area contributed by atoms with Crippen molar-refractivity contribution in [3.05, 3.63) is 12.5 Å². The molecule has 1 rings (SSSR count). The molecule has 1 heterocycles. The van der Waals surface area contributed by atoms with Gasteiger partial charge in [0.1, 0.15) is 6.26 Å². The molecule has 0 aromatic carbocycles. The van der Waals surface area contributed by atoms with Crippen molar-refractivity contribution in [3.63, 3.8) is 0 Å². The average molecular weight is 96.1 g/mol. The summed E-state index contributed by atoms with van der Waals surface area (Å²) in [7, 11) is 0. The van der Waals surface area contributed by atoms with Gasteiger partial charge in [0.05, 0.1) is 19.0 Å². The zero-order valence-corrected chi connectivity index (χ0v) is 3.92. The first-order valence-electron chi connectivity index (χ1n) is 2.19. The minimum absolute atomic E-state index is 0.708. The van der Waals surface area contributed by atoms with Crippen molar-refractivity contribution in [3.8, 4) is 0 Å². The number of hydrogen-bond donors (Lipinski definition) is 0. The van der Waals surface area contributed by atoms with Crippen molar-refractivity contribution in [1.29, 1.82) is 0 Å². The van der Waals surface area contributed by atoms with E-state index < -0.39 is 0 Å². The molecule has 0 fully saturated rings. The average Bonchev–Trinajstić information content (AvgIpc) is 1.90. The molecule has 37 valence electrons. The fourth-order valence-corrected chi connectivity index (χ4v) is 0.363. The van der Waals surface area contributed by atoms with Gasteiger partial charge in [-0.25, -0.2) is 0 Å². The smallest absolute Gasteiger partial charge is 0.101 e. The fourth-order valence-electron chi connectivity index (χ4n) is 0.363. The highest BCUT2D eigenvalue weighted by atomic mass is 16.5. The Labute approximate surface area is 42.5 Å². The maximum Gasteiger partial charge on any atom is 0.101 e. The number of nitrogens with zero attached hydrogens (tertiary/aromatic N) is 1. The van der Waals surface area contributed by atoms with Crippen molar-refractivity contribution in [2.75, 3.05) is 6.61 Å². The molecule has 0 saturated carbocycles. The van der Waals surface area contributed by atoms with Crippen LogP contribution in [0.25, 0.3) is 0 Å². The van der Waals surface area contributed by atoms with Gasteiger partial charge >= 0.3 is 0 Å². The van der Waals surface area contributed by atoms with Gasteiger partial charge in [0, 0.05) is 6.42 Å². The van der Waals surface area contributed by atoms with Gasteiger partial charge in [-0.3, -0.25) is 4.99 Å². The van der Waals surface area contributed by atoms with Crippen LogP contribution in [0.1, 0.15) is 6.42 Å². The maximum absolute atomic E-state index is 4.86. The van der Waals surface area contributed by atoms with Gasteiger partial charge in [0.25, 0.3) is 0 Å². The van der Waals surface area contributed by atoms with E-state index in [9.17, 15) is 0 Å². The van der Waals surface area contributed by atoms with E-state index in [-0.39, 0.29) is 0 Å². The van der Waals surface area contributed by atoms with Crippen LogP contribution in [0.4, 0.5) is 0 Å². The summed E-state index contributed by atoms with van der Waals surface area (Å²) in [4.78, 5) is 3.72. The molecule has 0 atom stereocenters. The van der Waals surface area contributed by atoms with Crippen LogP contribution < -0.4 is 0 Å². The van der Waals surface area contributed by atoms with Gasteiger partial charge in [-0.1, -0.05) is 0 Å². The van der Waals surface area contributed by atoms with Crippen LogP contribution in [-0.2, 0) is 4.74 Å². The van der Waals surface area contributed by atoms with Crippen molar-refractivity contribution >= 4 is 6.21 Å². The number of aliphatic imine (C=N–C) groups is 1. The second kappa shape index (κ2) is 2.39. The van der Waals surface area contributed by atoms with Crippen LogP contribution in [0, 0.1) is 0 Å². The first-order chi connectivity index (χ1) is 3.50. The summed E-state index contributed by atoms with van der Waals surface area (Å²) in [6, 6.07) is 0. The summed E-state index contributed by atoms with van der Waals surface area (Å²) in [6.07, 6.45) is 6.72. The van der Waals surface area contributed by atoms with Gasteiger partial charge in [-0.2, -0.15) is 0 Å². The third-order valence-electron chi connectivity index (χ3n) is 0.655. The van der Waals surface area contributed by atoms with Crippen molar-refractivity contribution in [1.82, 2.24) is 0 Å². The van der Waals surface area contributed by atoms with Gasteiger partial charge in [0.15, 0.2) is 0 Å². The molecular formula is C5H6NO. The van der Waals surface area contributed by atoms with Gasteiger partial charge < -0.3 is 4.74 Å². The highest BCUT2D eigenvalue weighted by Gasteiger charge is 1.82. The minimum Gasteiger partial charge on any atom is -0.499 e. The molecule has 1 radical (unpaired) electrons. The van der Waals surface area contributed by atoms with E-state index >= 15 is 0 Å². The monoisotopic (exact) mass is 96.0 g/mol. The summed E-state index contributed by atoms with van der Waals surface area (Å²) in [5.74, 6) is 0. The standard InChI is InChI=1S/C5H6NO/c1-2-6-3-5-7-4-1/h3,5H,1,4H2. The normalized spacial score (nSPS) is 18.3. The predicted octanol–water partition coefficient (Wildman–Crippen LogP) is 0.826. The lowest BCUT2D eigenvalue weighted by molar-refractivity contribution is 0.262. The Bertz CT molecular complexity index is 84.3. The molecule has 7 heavy (non-hydrogen) atoms. The molecule has 2 heteroatoms. The van der Waals surface area contributed by atoms with Crippen LogP contribution in [0.2, 0.25) is 0 Å². The molecule has 1 aliphatic rings. The SMILES string of the molecule is [C]1=NC=COCC1. The van der Waals surface area contributed by atoms with Crippen molar-refractivity contribution < 1.29 is 4.74 Å². The molecule has 0 saturated heterocycles. The summed E-state index contributed by atoms with van der Waals surface area (Å²) >= 11 is 0. The molecule has 0 aromatic heterocycles. The van der Waals surface area contributed by atoms with E-state index in [4.69, 9.17) is 4.74 Å². The Hall–Kier alpha value is -0.790. The molecule has 2 nitrogen and oxygen atoms in total. The topological polar surface area (TPSA) is 21.6 Å². The van der Waals surface area contributed by atoms with Gasteiger partial charge in [0.2, 0.25) is 0 Å². The number of hydrogen-bond acceptors (Lipinski definition) is 2. The second-order valence-corrected chi connectivity index (χ2v) is 1.19. The minimum atomic E-state index is 0.708. The lowest BCUT2D eigenvalue weighted by Gasteiger charge is -1.88. The fraction of sp³-hybridized carbons (Fsp3) is 0.400. The van der Waals surface area contributed by atoms with E-state index in [0.29, 0.717) is 6.61 Å². The zero-order chi connectivity index (χ0) is 4.95. The second-order valence-electron chi connectivity index (χ2n) is 1.19. The molecular weight excluding hydrogens is 90.1 g/mol. The number of rotatable bonds is 0. The van der Waals surface area contributed by atoms with Crippen LogP contribution in [0.5, 0.6) is 0 Å². The van der Waals surface area contributed by atoms with Crippen LogP contribution >= 0.6 is 0 Å². The van der Waals surface area contributed by atoms with Gasteiger partial charge in [-0.05, 0) is 0 Å². The van der Waals surface area contributed by atoms with Crippen LogP contribution in [0.3, 0.4) is 0 Å². The Morgan fingerprint density at radius 1 is 1.71 bits per heavy atom. The molecule has 0 amide bonds. The molecule has 0 aromatic rings. The quantitative estimate of drug-likeness (QED) is 0.437. The molecule has 0 unspecified atom stereocenters. The van der Waals surface area contributed by atoms with Crippen LogP contribution in [-0.4, -0.2) is 12.8 Å². The van der Waals surface area contributed by atoms with E-state index in [1.54, 1.807) is 12.5 Å². The highest BCUT2D eigenvalue weighted by Crippen LogP contribution is 1.86. The van der Waals surface area contributed by atoms with E-state index in [2.05, 4.69) is 11.2 Å². The summed E-state index contributed by atoms with van der Waals surface area (Å²) < 4.78 is 4.86. The largest absolute Gasteiger partial charge is 0.499 e. The summed E-state index contributed by atoms with van der Waals surface area (Å²) in [5, 5.41) is 0. The van der Waals surface area contributed by atoms with Gasteiger partial charge in [-0.15, -0.1) is 0 Å². The zero-order valence-electron chi connectivity index (χ0n) is 3.92. The summed E-state index contributed by atoms with van der Waals surface area (Å²) in [5.41, 5.74) is 0. The number of ether oxygens (including phenoxy) is 1. The predicted molar refractivity (Wildman–Crippen MR) is 27.1 cm³/mol. The summed E-state index contributed by atoms with van der Waals surface area (Å²) in [6.45, 7) is 0.708. The molecule has 0 bridgehead atoms. The van der Waals surface area contributed by atoms with E-state index in [1.165, 1.54) is 0 Å². The Kier molecular flexibility index (Phi) is 1.50. The third-order valence-corrected chi connectivity index (χ3v) is 0.655. The molecule has 0 N–H and O–H groups in total. The third kappa shape index (κ3) is 1.39. The maximum atomic E-state index is 4.86. The van der Waals surface area contributed by atoms with Crippen molar-refractivity contribution in [2.45, 2.75) is 6.42 Å². The Morgan fingerprint density at radius 3 is 3.71 bits per heavy atom. The molecule has 0 aliphatic carbocycles. The molecule has 0 spiro atoms. The first-order valence-corrected chi connectivity index (χ1v) is 2.19. The highest BCUT2D eigenvalue weighted by molar-refractivity contribution is 5.58. The van der Waals surface area contributed by atoms with Crippen LogP contribution in [0.15, 0.2) is 17.5 Å².